The quantitative estimate of drug-likeness (QED) is 0.887. The number of aliphatic carboxylic acids is 1. The predicted octanol–water partition coefficient (Wildman–Crippen LogP) is 2.37. The van der Waals surface area contributed by atoms with Crippen molar-refractivity contribution in [2.45, 2.75) is 25.3 Å². The monoisotopic (exact) mass is 285 g/mol. The van der Waals surface area contributed by atoms with Crippen molar-refractivity contribution >= 4 is 17.6 Å². The fourth-order valence-electron chi connectivity index (χ4n) is 1.91. The normalized spacial score (nSPS) is 15.7. The van der Waals surface area contributed by atoms with Crippen molar-refractivity contribution in [2.75, 3.05) is 13.2 Å². The molecule has 1 aromatic rings. The molecule has 0 aromatic heterocycles. The Labute approximate surface area is 116 Å². The number of ether oxygens (including phenoxy) is 2. The fourth-order valence-corrected chi connectivity index (χ4v) is 2.18. The molecule has 104 valence electrons. The molecular weight excluding hydrogens is 270 g/mol. The third-order valence-electron chi connectivity index (χ3n) is 2.92. The van der Waals surface area contributed by atoms with Gasteiger partial charge in [-0.1, -0.05) is 11.6 Å². The van der Waals surface area contributed by atoms with E-state index < -0.39 is 5.97 Å². The maximum atomic E-state index is 10.6. The molecule has 3 N–H and O–H groups in total. The summed E-state index contributed by atoms with van der Waals surface area (Å²) in [4.78, 5) is 10.6. The second-order valence-corrected chi connectivity index (χ2v) is 4.83. The average molecular weight is 286 g/mol. The van der Waals surface area contributed by atoms with Crippen LogP contribution in [-0.2, 0) is 4.79 Å². The van der Waals surface area contributed by atoms with E-state index in [-0.39, 0.29) is 12.5 Å². The molecule has 6 heteroatoms. The first-order valence-corrected chi connectivity index (χ1v) is 6.52. The second-order valence-electron chi connectivity index (χ2n) is 4.42. The van der Waals surface area contributed by atoms with E-state index in [0.29, 0.717) is 36.2 Å². The molecule has 0 spiro atoms. The predicted molar refractivity (Wildman–Crippen MR) is 70.9 cm³/mol. The van der Waals surface area contributed by atoms with Crippen molar-refractivity contribution in [1.29, 1.82) is 0 Å². The lowest BCUT2D eigenvalue weighted by molar-refractivity contribution is -0.137. The molecule has 0 fully saturated rings. The molecular formula is C13H16ClNO4. The maximum Gasteiger partial charge on any atom is 0.303 e. The first-order chi connectivity index (χ1) is 9.08. The summed E-state index contributed by atoms with van der Waals surface area (Å²) in [6.45, 7) is 1.13. The van der Waals surface area contributed by atoms with Crippen molar-refractivity contribution in [3.8, 4) is 11.5 Å². The van der Waals surface area contributed by atoms with Gasteiger partial charge >= 0.3 is 5.97 Å². The number of nitrogens with two attached hydrogens (primary N) is 1. The van der Waals surface area contributed by atoms with Crippen LogP contribution < -0.4 is 15.2 Å². The van der Waals surface area contributed by atoms with Crippen LogP contribution in [0.3, 0.4) is 0 Å². The van der Waals surface area contributed by atoms with Crippen molar-refractivity contribution < 1.29 is 19.4 Å². The van der Waals surface area contributed by atoms with Crippen LogP contribution in [0.15, 0.2) is 12.1 Å². The van der Waals surface area contributed by atoms with Gasteiger partial charge in [-0.25, -0.2) is 0 Å². The van der Waals surface area contributed by atoms with Crippen molar-refractivity contribution in [3.05, 3.63) is 22.7 Å². The van der Waals surface area contributed by atoms with Gasteiger partial charge < -0.3 is 20.3 Å². The van der Waals surface area contributed by atoms with Crippen LogP contribution in [0.2, 0.25) is 5.02 Å². The molecule has 0 saturated carbocycles. The van der Waals surface area contributed by atoms with Gasteiger partial charge in [-0.3, -0.25) is 4.79 Å². The van der Waals surface area contributed by atoms with E-state index in [1.807, 2.05) is 0 Å². The molecule has 5 nitrogen and oxygen atoms in total. The highest BCUT2D eigenvalue weighted by molar-refractivity contribution is 6.32. The Morgan fingerprint density at radius 1 is 1.42 bits per heavy atom. The molecule has 0 radical (unpaired) electrons. The molecule has 1 aromatic carbocycles. The zero-order valence-electron chi connectivity index (χ0n) is 10.4. The van der Waals surface area contributed by atoms with Crippen LogP contribution >= 0.6 is 11.6 Å². The van der Waals surface area contributed by atoms with Gasteiger partial charge in [-0.05, 0) is 24.1 Å². The van der Waals surface area contributed by atoms with Crippen LogP contribution in [0.5, 0.6) is 11.5 Å². The molecule has 19 heavy (non-hydrogen) atoms. The third-order valence-corrected chi connectivity index (χ3v) is 3.20. The van der Waals surface area contributed by atoms with E-state index in [2.05, 4.69) is 0 Å². The van der Waals surface area contributed by atoms with Crippen LogP contribution in [0, 0.1) is 0 Å². The highest BCUT2D eigenvalue weighted by atomic mass is 35.5. The molecule has 1 heterocycles. The van der Waals surface area contributed by atoms with Crippen LogP contribution in [0.1, 0.15) is 30.9 Å². The molecule has 0 bridgehead atoms. The highest BCUT2D eigenvalue weighted by Gasteiger charge is 2.18. The maximum absolute atomic E-state index is 10.6. The Bertz CT molecular complexity index is 478. The number of hydrogen-bond acceptors (Lipinski definition) is 4. The molecule has 0 aliphatic carbocycles. The number of carboxylic acid groups (broad SMARTS) is 1. The highest BCUT2D eigenvalue weighted by Crippen LogP contribution is 2.39. The Balaban J connectivity index is 2.20. The van der Waals surface area contributed by atoms with Crippen LogP contribution in [-0.4, -0.2) is 24.3 Å². The SMILES string of the molecule is NC(CCC(=O)O)c1cc(Cl)c2c(c1)OCCCO2. The molecule has 1 aliphatic rings. The Hall–Kier alpha value is -1.46. The first-order valence-electron chi connectivity index (χ1n) is 6.14. The summed E-state index contributed by atoms with van der Waals surface area (Å²) in [7, 11) is 0. The van der Waals surface area contributed by atoms with Crippen molar-refractivity contribution in [1.82, 2.24) is 0 Å². The summed E-state index contributed by atoms with van der Waals surface area (Å²) >= 11 is 6.15. The smallest absolute Gasteiger partial charge is 0.303 e. The van der Waals surface area contributed by atoms with Gasteiger partial charge in [0.05, 0.1) is 18.2 Å². The van der Waals surface area contributed by atoms with E-state index in [1.165, 1.54) is 0 Å². The summed E-state index contributed by atoms with van der Waals surface area (Å²) in [5.74, 6) is 0.245. The lowest BCUT2D eigenvalue weighted by Crippen LogP contribution is -2.12. The zero-order chi connectivity index (χ0) is 13.8. The van der Waals surface area contributed by atoms with E-state index in [1.54, 1.807) is 12.1 Å². The van der Waals surface area contributed by atoms with Crippen LogP contribution in [0.25, 0.3) is 0 Å². The van der Waals surface area contributed by atoms with E-state index in [9.17, 15) is 4.79 Å². The van der Waals surface area contributed by atoms with Crippen molar-refractivity contribution in [2.24, 2.45) is 5.73 Å². The van der Waals surface area contributed by atoms with E-state index >= 15 is 0 Å². The molecule has 2 rings (SSSR count). The lowest BCUT2D eigenvalue weighted by Gasteiger charge is -2.15. The molecule has 1 unspecified atom stereocenters. The number of fused-ring (bicyclic) bond motifs is 1. The summed E-state index contributed by atoms with van der Waals surface area (Å²) in [6, 6.07) is 3.10. The van der Waals surface area contributed by atoms with Gasteiger partial charge in [-0.2, -0.15) is 0 Å². The standard InChI is InChI=1S/C13H16ClNO4/c14-9-6-8(10(15)2-3-12(16)17)7-11-13(9)19-5-1-4-18-11/h6-7,10H,1-5,15H2,(H,16,17). The second kappa shape index (κ2) is 6.12. The molecule has 1 aliphatic heterocycles. The average Bonchev–Trinajstić information content (AvgIpc) is 2.61. The van der Waals surface area contributed by atoms with Gasteiger partial charge in [0, 0.05) is 18.9 Å². The van der Waals surface area contributed by atoms with Gasteiger partial charge in [0.1, 0.15) is 0 Å². The number of carbonyl (C=O) groups is 1. The van der Waals surface area contributed by atoms with E-state index in [0.717, 1.165) is 12.0 Å². The Morgan fingerprint density at radius 2 is 2.16 bits per heavy atom. The minimum Gasteiger partial charge on any atom is -0.489 e. The summed E-state index contributed by atoms with van der Waals surface area (Å²) < 4.78 is 11.1. The molecule has 0 amide bonds. The summed E-state index contributed by atoms with van der Waals surface area (Å²) in [5, 5.41) is 9.11. The number of rotatable bonds is 4. The summed E-state index contributed by atoms with van der Waals surface area (Å²) in [5.41, 5.74) is 6.73. The number of carboxylic acids is 1. The largest absolute Gasteiger partial charge is 0.489 e. The van der Waals surface area contributed by atoms with Crippen molar-refractivity contribution in [3.63, 3.8) is 0 Å². The minimum atomic E-state index is -0.865. The first kappa shape index (κ1) is 14.0. The van der Waals surface area contributed by atoms with Crippen LogP contribution in [0.4, 0.5) is 0 Å². The van der Waals surface area contributed by atoms with Gasteiger partial charge in [-0.15, -0.1) is 0 Å². The summed E-state index contributed by atoms with van der Waals surface area (Å²) in [6.07, 6.45) is 1.17. The van der Waals surface area contributed by atoms with Gasteiger partial charge in [0.2, 0.25) is 0 Å². The molecule has 0 saturated heterocycles. The third kappa shape index (κ3) is 3.52. The minimum absolute atomic E-state index is 0.0211. The van der Waals surface area contributed by atoms with E-state index in [4.69, 9.17) is 31.9 Å². The van der Waals surface area contributed by atoms with Gasteiger partial charge in [0.25, 0.3) is 0 Å². The zero-order valence-corrected chi connectivity index (χ0v) is 11.2. The topological polar surface area (TPSA) is 81.8 Å². The number of hydrogen-bond donors (Lipinski definition) is 2. The number of benzene rings is 1. The fraction of sp³-hybridized carbons (Fsp3) is 0.462. The number of halogens is 1. The Kier molecular flexibility index (Phi) is 4.50. The Morgan fingerprint density at radius 3 is 2.89 bits per heavy atom. The lowest BCUT2D eigenvalue weighted by atomic mass is 10.0. The van der Waals surface area contributed by atoms with Gasteiger partial charge in [0.15, 0.2) is 11.5 Å². The molecule has 1 atom stereocenters.